The maximum atomic E-state index is 12.1. The van der Waals surface area contributed by atoms with Crippen LogP contribution in [-0.4, -0.2) is 37.6 Å². The van der Waals surface area contributed by atoms with E-state index in [2.05, 4.69) is 0 Å². The molecule has 0 unspecified atom stereocenters. The van der Waals surface area contributed by atoms with Gasteiger partial charge in [-0.05, 0) is 18.2 Å². The second-order valence-electron chi connectivity index (χ2n) is 4.81. The Morgan fingerprint density at radius 1 is 1.19 bits per heavy atom. The molecule has 1 saturated heterocycles. The van der Waals surface area contributed by atoms with Gasteiger partial charge in [-0.3, -0.25) is 4.79 Å². The number of carbonyl (C=O) groups is 1. The lowest BCUT2D eigenvalue weighted by Crippen LogP contribution is -2.43. The minimum absolute atomic E-state index is 0.220. The molecule has 0 aromatic rings. The molecule has 1 aliphatic carbocycles. The SMILES string of the molecule is CC.COC(=O)C1(C=CSC=N)CCC2(CC1)OCCO2. The first-order valence-electron chi connectivity index (χ1n) is 7.35. The first-order chi connectivity index (χ1) is 10.2. The highest BCUT2D eigenvalue weighted by Gasteiger charge is 2.49. The zero-order valence-electron chi connectivity index (χ0n) is 13.0. The Kier molecular flexibility index (Phi) is 7.42. The number of nitrogens with one attached hydrogen (secondary N) is 1. The fourth-order valence-electron chi connectivity index (χ4n) is 2.71. The summed E-state index contributed by atoms with van der Waals surface area (Å²) in [6.45, 7) is 5.26. The molecule has 0 atom stereocenters. The largest absolute Gasteiger partial charge is 0.468 e. The average molecular weight is 315 g/mol. The average Bonchev–Trinajstić information content (AvgIpc) is 3.00. The van der Waals surface area contributed by atoms with Crippen molar-refractivity contribution in [2.24, 2.45) is 5.41 Å². The van der Waals surface area contributed by atoms with Crippen LogP contribution in [-0.2, 0) is 19.0 Å². The first kappa shape index (κ1) is 18.2. The Morgan fingerprint density at radius 2 is 1.76 bits per heavy atom. The zero-order valence-corrected chi connectivity index (χ0v) is 13.8. The van der Waals surface area contributed by atoms with Crippen LogP contribution in [0.3, 0.4) is 0 Å². The molecule has 1 saturated carbocycles. The van der Waals surface area contributed by atoms with Crippen molar-refractivity contribution in [2.45, 2.75) is 45.3 Å². The monoisotopic (exact) mass is 315 g/mol. The topological polar surface area (TPSA) is 68.6 Å². The van der Waals surface area contributed by atoms with Gasteiger partial charge in [-0.15, -0.1) is 0 Å². The van der Waals surface area contributed by atoms with E-state index in [1.165, 1.54) is 24.4 Å². The molecular weight excluding hydrogens is 290 g/mol. The molecular formula is C15H25NO4S. The van der Waals surface area contributed by atoms with Gasteiger partial charge in [0.1, 0.15) is 0 Å². The van der Waals surface area contributed by atoms with Crippen molar-refractivity contribution >= 4 is 23.3 Å². The van der Waals surface area contributed by atoms with E-state index in [9.17, 15) is 4.79 Å². The van der Waals surface area contributed by atoms with Crippen molar-refractivity contribution in [1.82, 2.24) is 0 Å². The molecule has 0 amide bonds. The van der Waals surface area contributed by atoms with Gasteiger partial charge in [-0.2, -0.15) is 0 Å². The van der Waals surface area contributed by atoms with E-state index in [4.69, 9.17) is 19.6 Å². The van der Waals surface area contributed by atoms with E-state index in [-0.39, 0.29) is 5.97 Å². The van der Waals surface area contributed by atoms with Crippen molar-refractivity contribution in [1.29, 1.82) is 5.41 Å². The summed E-state index contributed by atoms with van der Waals surface area (Å²) in [5.41, 5.74) is 0.625. The predicted molar refractivity (Wildman–Crippen MR) is 84.4 cm³/mol. The number of ether oxygens (including phenoxy) is 3. The molecule has 21 heavy (non-hydrogen) atoms. The lowest BCUT2D eigenvalue weighted by atomic mass is 9.72. The van der Waals surface area contributed by atoms with Gasteiger partial charge in [0.25, 0.3) is 0 Å². The van der Waals surface area contributed by atoms with Crippen molar-refractivity contribution in [3.05, 3.63) is 11.5 Å². The number of thioether (sulfide) groups is 1. The molecule has 0 radical (unpaired) electrons. The second kappa shape index (κ2) is 8.56. The summed E-state index contributed by atoms with van der Waals surface area (Å²) in [5, 5.41) is 8.77. The van der Waals surface area contributed by atoms with Crippen LogP contribution in [0.25, 0.3) is 0 Å². The molecule has 6 heteroatoms. The van der Waals surface area contributed by atoms with E-state index >= 15 is 0 Å². The summed E-state index contributed by atoms with van der Waals surface area (Å²) in [6.07, 6.45) is 4.54. The van der Waals surface area contributed by atoms with Gasteiger partial charge in [0, 0.05) is 12.8 Å². The molecule has 0 bridgehead atoms. The summed E-state index contributed by atoms with van der Waals surface area (Å²) < 4.78 is 16.3. The van der Waals surface area contributed by atoms with Crippen molar-refractivity contribution < 1.29 is 19.0 Å². The first-order valence-corrected chi connectivity index (χ1v) is 8.29. The maximum absolute atomic E-state index is 12.1. The molecule has 1 heterocycles. The third kappa shape index (κ3) is 4.31. The van der Waals surface area contributed by atoms with E-state index in [0.717, 1.165) is 0 Å². The fourth-order valence-corrected chi connectivity index (χ4v) is 3.13. The second-order valence-corrected chi connectivity index (χ2v) is 5.59. The Labute approximate surface area is 130 Å². The minimum Gasteiger partial charge on any atom is -0.468 e. The fraction of sp³-hybridized carbons (Fsp3) is 0.733. The standard InChI is InChI=1S/C13H19NO4S.C2H6/c1-16-11(15)12(6-9-19-10-14)2-4-13(5-3-12)17-7-8-18-13;1-2/h6,9-10,14H,2-5,7-8H2,1H3;1-2H3. The number of hydrogen-bond donors (Lipinski definition) is 1. The van der Waals surface area contributed by atoms with Crippen LogP contribution >= 0.6 is 11.8 Å². The maximum Gasteiger partial charge on any atom is 0.315 e. The molecule has 1 aliphatic heterocycles. The molecule has 120 valence electrons. The van der Waals surface area contributed by atoms with Crippen LogP contribution in [0.1, 0.15) is 39.5 Å². The Morgan fingerprint density at radius 3 is 2.24 bits per heavy atom. The Hall–Kier alpha value is -0.850. The smallest absolute Gasteiger partial charge is 0.315 e. The van der Waals surface area contributed by atoms with Crippen LogP contribution < -0.4 is 0 Å². The summed E-state index contributed by atoms with van der Waals surface area (Å²) in [7, 11) is 1.41. The number of esters is 1. The molecule has 2 aliphatic rings. The highest BCUT2D eigenvalue weighted by atomic mass is 32.2. The minimum atomic E-state index is -0.606. The van der Waals surface area contributed by atoms with Gasteiger partial charge in [0.05, 0.1) is 31.3 Å². The van der Waals surface area contributed by atoms with Gasteiger partial charge in [-0.1, -0.05) is 31.7 Å². The van der Waals surface area contributed by atoms with E-state index < -0.39 is 11.2 Å². The van der Waals surface area contributed by atoms with E-state index in [1.54, 1.807) is 5.41 Å². The van der Waals surface area contributed by atoms with Gasteiger partial charge >= 0.3 is 5.97 Å². The molecule has 2 fully saturated rings. The summed E-state index contributed by atoms with van der Waals surface area (Å²) >= 11 is 1.24. The molecule has 1 spiro atoms. The Balaban J connectivity index is 0.00000106. The van der Waals surface area contributed by atoms with Crippen LogP contribution in [0.2, 0.25) is 0 Å². The van der Waals surface area contributed by atoms with Gasteiger partial charge in [-0.25, -0.2) is 0 Å². The lowest BCUT2D eigenvalue weighted by Gasteiger charge is -2.40. The van der Waals surface area contributed by atoms with E-state index in [0.29, 0.717) is 38.9 Å². The summed E-state index contributed by atoms with van der Waals surface area (Å²) in [4.78, 5) is 12.1. The van der Waals surface area contributed by atoms with Crippen LogP contribution in [0.5, 0.6) is 0 Å². The van der Waals surface area contributed by atoms with Gasteiger partial charge in [0.2, 0.25) is 0 Å². The van der Waals surface area contributed by atoms with Gasteiger partial charge in [0.15, 0.2) is 5.79 Å². The van der Waals surface area contributed by atoms with Crippen molar-refractivity contribution in [2.75, 3.05) is 20.3 Å². The summed E-state index contributed by atoms with van der Waals surface area (Å²) in [6, 6.07) is 0. The highest BCUT2D eigenvalue weighted by Crippen LogP contribution is 2.46. The third-order valence-corrected chi connectivity index (χ3v) is 4.27. The van der Waals surface area contributed by atoms with Crippen LogP contribution in [0.15, 0.2) is 11.5 Å². The quantitative estimate of drug-likeness (QED) is 0.489. The third-order valence-electron chi connectivity index (χ3n) is 3.84. The lowest BCUT2D eigenvalue weighted by molar-refractivity contribution is -0.193. The zero-order chi connectivity index (χ0) is 15.8. The Bertz CT molecular complexity index is 368. The van der Waals surface area contributed by atoms with E-state index in [1.807, 2.05) is 19.9 Å². The number of methoxy groups -OCH3 is 1. The number of carbonyl (C=O) groups excluding carboxylic acids is 1. The number of hydrogen-bond acceptors (Lipinski definition) is 6. The normalized spacial score (nSPS) is 22.6. The molecule has 0 aromatic heterocycles. The van der Waals surface area contributed by atoms with Gasteiger partial charge < -0.3 is 19.6 Å². The highest BCUT2D eigenvalue weighted by molar-refractivity contribution is 8.14. The number of rotatable bonds is 4. The van der Waals surface area contributed by atoms with Crippen LogP contribution in [0.4, 0.5) is 0 Å². The molecule has 2 rings (SSSR count). The molecule has 5 nitrogen and oxygen atoms in total. The van der Waals surface area contributed by atoms with Crippen molar-refractivity contribution in [3.63, 3.8) is 0 Å². The van der Waals surface area contributed by atoms with Crippen molar-refractivity contribution in [3.8, 4) is 0 Å². The van der Waals surface area contributed by atoms with Crippen LogP contribution in [0, 0.1) is 10.8 Å². The molecule has 0 aromatic carbocycles. The summed E-state index contributed by atoms with van der Waals surface area (Å²) in [5.74, 6) is -0.706. The molecule has 1 N–H and O–H groups in total. The predicted octanol–water partition coefficient (Wildman–Crippen LogP) is 3.34.